The minimum absolute atomic E-state index is 0.360. The Balaban J connectivity index is 2.53. The van der Waals surface area contributed by atoms with Crippen LogP contribution in [-0.4, -0.2) is 18.5 Å². The van der Waals surface area contributed by atoms with Crippen LogP contribution in [0.1, 0.15) is 20.3 Å². The highest BCUT2D eigenvalue weighted by atomic mass is 16.5. The van der Waals surface area contributed by atoms with E-state index in [1.54, 1.807) is 0 Å². The molecule has 56 valence electrons. The molecule has 1 atom stereocenters. The zero-order valence-electron chi connectivity index (χ0n) is 6.50. The number of aliphatic imine (C=N–C) groups is 1. The van der Waals surface area contributed by atoms with Gasteiger partial charge in [0, 0.05) is 13.3 Å². The summed E-state index contributed by atoms with van der Waals surface area (Å²) >= 11 is 0. The summed E-state index contributed by atoms with van der Waals surface area (Å²) in [5.74, 6) is 0.814. The lowest BCUT2D eigenvalue weighted by Crippen LogP contribution is -2.17. The lowest BCUT2D eigenvalue weighted by molar-refractivity contribution is 0.268. The molecule has 0 saturated carbocycles. The van der Waals surface area contributed by atoms with Crippen molar-refractivity contribution in [3.63, 3.8) is 0 Å². The summed E-state index contributed by atoms with van der Waals surface area (Å²) in [7, 11) is 0. The lowest BCUT2D eigenvalue weighted by Gasteiger charge is -2.16. The van der Waals surface area contributed by atoms with Crippen LogP contribution >= 0.6 is 0 Å². The topological polar surface area (TPSA) is 21.6 Å². The van der Waals surface area contributed by atoms with E-state index in [1.165, 1.54) is 0 Å². The van der Waals surface area contributed by atoms with Gasteiger partial charge >= 0.3 is 0 Å². The highest BCUT2D eigenvalue weighted by molar-refractivity contribution is 5.73. The average Bonchev–Trinajstić information content (AvgIpc) is 1.88. The molecule has 2 nitrogen and oxygen atoms in total. The molecule has 0 fully saturated rings. The van der Waals surface area contributed by atoms with Gasteiger partial charge in [0.25, 0.3) is 0 Å². The fourth-order valence-electron chi connectivity index (χ4n) is 1.02. The van der Waals surface area contributed by atoms with Gasteiger partial charge in [-0.1, -0.05) is 12.2 Å². The molecule has 0 N–H and O–H groups in total. The van der Waals surface area contributed by atoms with Gasteiger partial charge in [-0.25, -0.2) is 4.99 Å². The van der Waals surface area contributed by atoms with Crippen LogP contribution in [0.15, 0.2) is 17.1 Å². The van der Waals surface area contributed by atoms with Crippen LogP contribution in [0.25, 0.3) is 0 Å². The molecular weight excluding hydrogens is 126 g/mol. The van der Waals surface area contributed by atoms with E-state index in [-0.39, 0.29) is 0 Å². The lowest BCUT2D eigenvalue weighted by atomic mass is 10.2. The SMILES string of the molecule is CC=CC1CCOC(C)=N1. The van der Waals surface area contributed by atoms with E-state index in [9.17, 15) is 0 Å². The van der Waals surface area contributed by atoms with Crippen LogP contribution in [0, 0.1) is 0 Å². The molecule has 10 heavy (non-hydrogen) atoms. The number of rotatable bonds is 1. The fraction of sp³-hybridized carbons (Fsp3) is 0.625. The molecule has 0 aromatic rings. The van der Waals surface area contributed by atoms with Crippen LogP contribution in [0.3, 0.4) is 0 Å². The number of hydrogen-bond acceptors (Lipinski definition) is 2. The van der Waals surface area contributed by atoms with Crippen LogP contribution in [0.4, 0.5) is 0 Å². The monoisotopic (exact) mass is 139 g/mol. The molecule has 0 aliphatic carbocycles. The molecule has 1 unspecified atom stereocenters. The highest BCUT2D eigenvalue weighted by Gasteiger charge is 2.08. The largest absolute Gasteiger partial charge is 0.481 e. The zero-order valence-corrected chi connectivity index (χ0v) is 6.50. The first kappa shape index (κ1) is 7.32. The second-order valence-corrected chi connectivity index (χ2v) is 2.38. The zero-order chi connectivity index (χ0) is 7.40. The van der Waals surface area contributed by atoms with Crippen molar-refractivity contribution < 1.29 is 4.74 Å². The predicted octanol–water partition coefficient (Wildman–Crippen LogP) is 1.77. The van der Waals surface area contributed by atoms with Gasteiger partial charge in [-0.15, -0.1) is 0 Å². The van der Waals surface area contributed by atoms with Gasteiger partial charge < -0.3 is 4.74 Å². The van der Waals surface area contributed by atoms with E-state index in [4.69, 9.17) is 4.74 Å². The van der Waals surface area contributed by atoms with Crippen molar-refractivity contribution in [1.82, 2.24) is 0 Å². The molecule has 0 aromatic heterocycles. The van der Waals surface area contributed by atoms with Crippen LogP contribution in [0.2, 0.25) is 0 Å². The van der Waals surface area contributed by atoms with Crippen molar-refractivity contribution in [3.05, 3.63) is 12.2 Å². The number of ether oxygens (including phenoxy) is 1. The molecule has 1 aliphatic heterocycles. The number of hydrogen-bond donors (Lipinski definition) is 0. The third kappa shape index (κ3) is 1.87. The first-order valence-electron chi connectivity index (χ1n) is 3.63. The highest BCUT2D eigenvalue weighted by Crippen LogP contribution is 2.07. The van der Waals surface area contributed by atoms with E-state index in [0.29, 0.717) is 6.04 Å². The molecule has 1 heterocycles. The van der Waals surface area contributed by atoms with Gasteiger partial charge in [0.2, 0.25) is 0 Å². The Hall–Kier alpha value is -0.790. The van der Waals surface area contributed by atoms with Gasteiger partial charge in [-0.2, -0.15) is 0 Å². The quantitative estimate of drug-likeness (QED) is 0.507. The minimum atomic E-state index is 0.360. The van der Waals surface area contributed by atoms with Gasteiger partial charge in [0.05, 0.1) is 12.6 Å². The molecule has 0 saturated heterocycles. The molecule has 0 aromatic carbocycles. The van der Waals surface area contributed by atoms with Crippen molar-refractivity contribution in [2.75, 3.05) is 6.61 Å². The molecule has 0 radical (unpaired) electrons. The third-order valence-corrected chi connectivity index (χ3v) is 1.49. The normalized spacial score (nSPS) is 26.2. The Kier molecular flexibility index (Phi) is 2.49. The minimum Gasteiger partial charge on any atom is -0.481 e. The smallest absolute Gasteiger partial charge is 0.180 e. The second kappa shape index (κ2) is 3.40. The van der Waals surface area contributed by atoms with Crippen LogP contribution < -0.4 is 0 Å². The van der Waals surface area contributed by atoms with E-state index < -0.39 is 0 Å². The molecule has 0 amide bonds. The summed E-state index contributed by atoms with van der Waals surface area (Å²) in [5, 5.41) is 0. The van der Waals surface area contributed by atoms with E-state index in [2.05, 4.69) is 11.1 Å². The standard InChI is InChI=1S/C8H13NO/c1-3-4-8-5-6-10-7(2)9-8/h3-4,8H,5-6H2,1-2H3. The molecular formula is C8H13NO. The van der Waals surface area contributed by atoms with Gasteiger partial charge in [-0.05, 0) is 6.92 Å². The Morgan fingerprint density at radius 2 is 2.50 bits per heavy atom. The maximum atomic E-state index is 5.17. The first-order valence-corrected chi connectivity index (χ1v) is 3.63. The number of nitrogens with zero attached hydrogens (tertiary/aromatic N) is 1. The summed E-state index contributed by atoms with van der Waals surface area (Å²) in [6.07, 6.45) is 5.15. The van der Waals surface area contributed by atoms with Crippen molar-refractivity contribution in [1.29, 1.82) is 0 Å². The summed E-state index contributed by atoms with van der Waals surface area (Å²) < 4.78 is 5.17. The van der Waals surface area contributed by atoms with E-state index in [1.807, 2.05) is 19.9 Å². The Bertz CT molecular complexity index is 161. The summed E-state index contributed by atoms with van der Waals surface area (Å²) in [6, 6.07) is 0.360. The van der Waals surface area contributed by atoms with Crippen LogP contribution in [0.5, 0.6) is 0 Å². The Labute approximate surface area is 61.6 Å². The van der Waals surface area contributed by atoms with E-state index in [0.717, 1.165) is 18.9 Å². The Morgan fingerprint density at radius 1 is 1.70 bits per heavy atom. The van der Waals surface area contributed by atoms with Crippen molar-refractivity contribution in [3.8, 4) is 0 Å². The number of allylic oxidation sites excluding steroid dienone is 1. The molecule has 1 aliphatic rings. The summed E-state index contributed by atoms with van der Waals surface area (Å²) in [5.41, 5.74) is 0. The maximum Gasteiger partial charge on any atom is 0.180 e. The van der Waals surface area contributed by atoms with Crippen LogP contribution in [-0.2, 0) is 4.74 Å². The predicted molar refractivity (Wildman–Crippen MR) is 42.3 cm³/mol. The average molecular weight is 139 g/mol. The third-order valence-electron chi connectivity index (χ3n) is 1.49. The molecule has 2 heteroatoms. The maximum absolute atomic E-state index is 5.17. The Morgan fingerprint density at radius 3 is 3.10 bits per heavy atom. The van der Waals surface area contributed by atoms with Crippen molar-refractivity contribution in [2.24, 2.45) is 4.99 Å². The molecule has 1 rings (SSSR count). The van der Waals surface area contributed by atoms with Crippen molar-refractivity contribution >= 4 is 5.90 Å². The fourth-order valence-corrected chi connectivity index (χ4v) is 1.02. The molecule has 0 bridgehead atoms. The van der Waals surface area contributed by atoms with Gasteiger partial charge in [-0.3, -0.25) is 0 Å². The van der Waals surface area contributed by atoms with E-state index >= 15 is 0 Å². The first-order chi connectivity index (χ1) is 4.83. The summed E-state index contributed by atoms with van der Waals surface area (Å²) in [6.45, 7) is 4.72. The van der Waals surface area contributed by atoms with Gasteiger partial charge in [0.15, 0.2) is 5.90 Å². The van der Waals surface area contributed by atoms with Gasteiger partial charge in [0.1, 0.15) is 0 Å². The summed E-state index contributed by atoms with van der Waals surface area (Å²) in [4.78, 5) is 4.28. The molecule has 0 spiro atoms. The van der Waals surface area contributed by atoms with Crippen molar-refractivity contribution in [2.45, 2.75) is 26.3 Å². The second-order valence-electron chi connectivity index (χ2n) is 2.38.